The van der Waals surface area contributed by atoms with E-state index >= 15 is 0 Å². The number of benzene rings is 2. The molecular formula is C21H22ClN3OS. The van der Waals surface area contributed by atoms with E-state index in [1.807, 2.05) is 35.2 Å². The van der Waals surface area contributed by atoms with Gasteiger partial charge in [-0.25, -0.2) is 4.99 Å². The second kappa shape index (κ2) is 7.87. The first kappa shape index (κ1) is 18.3. The van der Waals surface area contributed by atoms with Crippen LogP contribution in [0, 0.1) is 0 Å². The lowest BCUT2D eigenvalue weighted by Crippen LogP contribution is -2.40. The first-order valence-corrected chi connectivity index (χ1v) is 10.0. The maximum Gasteiger partial charge on any atom is 0.294 e. The maximum absolute atomic E-state index is 6.40. The molecule has 0 radical (unpaired) electrons. The van der Waals surface area contributed by atoms with Gasteiger partial charge in [-0.05, 0) is 47.3 Å². The van der Waals surface area contributed by atoms with Crippen LogP contribution in [0.5, 0.6) is 0 Å². The quantitative estimate of drug-likeness (QED) is 0.762. The number of aliphatic imine (C=N–C) groups is 1. The van der Waals surface area contributed by atoms with Gasteiger partial charge in [-0.3, -0.25) is 4.90 Å². The number of rotatable bonds is 3. The van der Waals surface area contributed by atoms with Crippen LogP contribution in [0.15, 0.2) is 53.5 Å². The molecule has 1 saturated heterocycles. The Morgan fingerprint density at radius 1 is 1.26 bits per heavy atom. The standard InChI is InChI=1S/C21H22ClN3OS/c1-14-12-18(16-8-5-9-17(22)19(14)16)24-20-25(10-11-26-20)21(27)23-13-15-6-3-2-4-7-15/h2-9,14,18H,10-13H2,1H3,(H,23,27). The molecule has 1 aliphatic carbocycles. The minimum atomic E-state index is 0.0567. The second-order valence-electron chi connectivity index (χ2n) is 6.95. The summed E-state index contributed by atoms with van der Waals surface area (Å²) in [6.07, 6.45) is 0.934. The zero-order chi connectivity index (χ0) is 18.8. The molecular weight excluding hydrogens is 378 g/mol. The highest BCUT2D eigenvalue weighted by atomic mass is 35.5. The van der Waals surface area contributed by atoms with Crippen molar-refractivity contribution in [3.63, 3.8) is 0 Å². The molecule has 2 aromatic carbocycles. The molecule has 140 valence electrons. The van der Waals surface area contributed by atoms with Crippen molar-refractivity contribution in [1.82, 2.24) is 10.2 Å². The summed E-state index contributed by atoms with van der Waals surface area (Å²) in [5, 5.41) is 4.78. The van der Waals surface area contributed by atoms with Crippen molar-refractivity contribution in [3.8, 4) is 0 Å². The molecule has 6 heteroatoms. The lowest BCUT2D eigenvalue weighted by atomic mass is 10.0. The SMILES string of the molecule is CC1CC(N=C2OCCN2C(=S)NCc2ccccc2)c2cccc(Cl)c21. The predicted octanol–water partition coefficient (Wildman–Crippen LogP) is 4.65. The van der Waals surface area contributed by atoms with Crippen LogP contribution in [-0.4, -0.2) is 29.2 Å². The maximum atomic E-state index is 6.40. The molecule has 27 heavy (non-hydrogen) atoms. The molecule has 2 aliphatic rings. The van der Waals surface area contributed by atoms with Crippen LogP contribution in [0.25, 0.3) is 0 Å². The Balaban J connectivity index is 1.49. The number of thiocarbonyl (C=S) groups is 1. The predicted molar refractivity (Wildman–Crippen MR) is 113 cm³/mol. The van der Waals surface area contributed by atoms with Crippen LogP contribution in [0.1, 0.15) is 42.0 Å². The van der Waals surface area contributed by atoms with Gasteiger partial charge >= 0.3 is 0 Å². The van der Waals surface area contributed by atoms with Gasteiger partial charge in [0.1, 0.15) is 6.61 Å². The third-order valence-corrected chi connectivity index (χ3v) is 5.78. The van der Waals surface area contributed by atoms with Crippen molar-refractivity contribution in [1.29, 1.82) is 0 Å². The molecule has 1 heterocycles. The Morgan fingerprint density at radius 2 is 2.07 bits per heavy atom. The highest BCUT2D eigenvalue weighted by molar-refractivity contribution is 7.80. The molecule has 1 aliphatic heterocycles. The number of ether oxygens (including phenoxy) is 1. The van der Waals surface area contributed by atoms with Gasteiger partial charge in [0.15, 0.2) is 5.11 Å². The molecule has 4 rings (SSSR count). The summed E-state index contributed by atoms with van der Waals surface area (Å²) in [5.74, 6) is 0.390. The van der Waals surface area contributed by atoms with Crippen LogP contribution < -0.4 is 5.32 Å². The Morgan fingerprint density at radius 3 is 2.89 bits per heavy atom. The summed E-state index contributed by atoms with van der Waals surface area (Å²) in [6, 6.07) is 16.9. The van der Waals surface area contributed by atoms with Crippen LogP contribution >= 0.6 is 23.8 Å². The molecule has 0 aromatic heterocycles. The third-order valence-electron chi connectivity index (χ3n) is 5.09. The second-order valence-corrected chi connectivity index (χ2v) is 7.75. The van der Waals surface area contributed by atoms with Gasteiger partial charge in [0.2, 0.25) is 0 Å². The van der Waals surface area contributed by atoms with Gasteiger partial charge in [-0.1, -0.05) is 61.0 Å². The van der Waals surface area contributed by atoms with Crippen molar-refractivity contribution in [2.75, 3.05) is 13.2 Å². The van der Waals surface area contributed by atoms with E-state index in [1.165, 1.54) is 16.7 Å². The fraction of sp³-hybridized carbons (Fsp3) is 0.333. The van der Waals surface area contributed by atoms with Crippen molar-refractivity contribution in [2.45, 2.75) is 31.8 Å². The van der Waals surface area contributed by atoms with Crippen molar-refractivity contribution >= 4 is 35.0 Å². The number of hydrogen-bond acceptors (Lipinski definition) is 3. The number of nitrogens with zero attached hydrogens (tertiary/aromatic N) is 2. The molecule has 4 nitrogen and oxygen atoms in total. The summed E-state index contributed by atoms with van der Waals surface area (Å²) in [5.41, 5.74) is 3.59. The minimum Gasteiger partial charge on any atom is -0.463 e. The number of hydrogen-bond donors (Lipinski definition) is 1. The highest BCUT2D eigenvalue weighted by Crippen LogP contribution is 2.45. The van der Waals surface area contributed by atoms with Gasteiger partial charge in [0.05, 0.1) is 12.6 Å². The lowest BCUT2D eigenvalue weighted by molar-refractivity contribution is 0.348. The normalized spacial score (nSPS) is 22.6. The van der Waals surface area contributed by atoms with Crippen molar-refractivity contribution in [2.24, 2.45) is 4.99 Å². The van der Waals surface area contributed by atoms with Gasteiger partial charge in [0, 0.05) is 11.6 Å². The molecule has 2 aromatic rings. The van der Waals surface area contributed by atoms with Crippen LogP contribution in [-0.2, 0) is 11.3 Å². The van der Waals surface area contributed by atoms with E-state index in [0.29, 0.717) is 36.7 Å². The van der Waals surface area contributed by atoms with Crippen LogP contribution in [0.4, 0.5) is 0 Å². The van der Waals surface area contributed by atoms with E-state index < -0.39 is 0 Å². The molecule has 2 unspecified atom stereocenters. The van der Waals surface area contributed by atoms with E-state index in [4.69, 9.17) is 33.5 Å². The summed E-state index contributed by atoms with van der Waals surface area (Å²) in [6.45, 7) is 4.19. The van der Waals surface area contributed by atoms with Gasteiger partial charge in [-0.15, -0.1) is 0 Å². The Bertz CT molecular complexity index is 871. The number of amidine groups is 1. The highest BCUT2D eigenvalue weighted by Gasteiger charge is 2.32. The third kappa shape index (κ3) is 3.80. The molecule has 1 fully saturated rings. The first-order valence-electron chi connectivity index (χ1n) is 9.21. The molecule has 0 amide bonds. The zero-order valence-electron chi connectivity index (χ0n) is 15.2. The molecule has 1 N–H and O–H groups in total. The monoisotopic (exact) mass is 399 g/mol. The Hall–Kier alpha value is -2.11. The first-order chi connectivity index (χ1) is 13.1. The van der Waals surface area contributed by atoms with E-state index in [-0.39, 0.29) is 6.04 Å². The summed E-state index contributed by atoms with van der Waals surface area (Å²) in [7, 11) is 0. The van der Waals surface area contributed by atoms with Crippen LogP contribution in [0.2, 0.25) is 5.02 Å². The lowest BCUT2D eigenvalue weighted by Gasteiger charge is -2.19. The van der Waals surface area contributed by atoms with Gasteiger partial charge in [-0.2, -0.15) is 0 Å². The Labute approximate surface area is 170 Å². The fourth-order valence-electron chi connectivity index (χ4n) is 3.77. The average Bonchev–Trinajstić information content (AvgIpc) is 3.26. The molecule has 0 spiro atoms. The molecule has 0 saturated carbocycles. The molecule has 2 atom stereocenters. The number of halogens is 1. The van der Waals surface area contributed by atoms with Crippen molar-refractivity contribution in [3.05, 3.63) is 70.2 Å². The summed E-state index contributed by atoms with van der Waals surface area (Å²) >= 11 is 12.0. The number of nitrogens with one attached hydrogen (secondary N) is 1. The van der Waals surface area contributed by atoms with E-state index in [1.54, 1.807) is 0 Å². The Kier molecular flexibility index (Phi) is 5.32. The summed E-state index contributed by atoms with van der Waals surface area (Å²) in [4.78, 5) is 6.85. The topological polar surface area (TPSA) is 36.9 Å². The van der Waals surface area contributed by atoms with Gasteiger partial charge in [0.25, 0.3) is 6.02 Å². The minimum absolute atomic E-state index is 0.0567. The zero-order valence-corrected chi connectivity index (χ0v) is 16.8. The molecule has 0 bridgehead atoms. The van der Waals surface area contributed by atoms with E-state index in [9.17, 15) is 0 Å². The largest absolute Gasteiger partial charge is 0.463 e. The fourth-order valence-corrected chi connectivity index (χ4v) is 4.38. The van der Waals surface area contributed by atoms with Crippen LogP contribution in [0.3, 0.4) is 0 Å². The average molecular weight is 400 g/mol. The van der Waals surface area contributed by atoms with E-state index in [2.05, 4.69) is 30.4 Å². The smallest absolute Gasteiger partial charge is 0.294 e. The summed E-state index contributed by atoms with van der Waals surface area (Å²) < 4.78 is 5.80. The van der Waals surface area contributed by atoms with Gasteiger partial charge < -0.3 is 10.1 Å². The number of fused-ring (bicyclic) bond motifs is 1. The van der Waals surface area contributed by atoms with E-state index in [0.717, 1.165) is 11.4 Å². The van der Waals surface area contributed by atoms with Crippen molar-refractivity contribution < 1.29 is 4.74 Å².